The van der Waals surface area contributed by atoms with Gasteiger partial charge in [0.2, 0.25) is 5.95 Å². The van der Waals surface area contributed by atoms with E-state index in [4.69, 9.17) is 25.8 Å². The minimum atomic E-state index is -0.397. The molecule has 13 heteroatoms. The monoisotopic (exact) mass is 875 g/mol. The van der Waals surface area contributed by atoms with E-state index in [1.807, 2.05) is 12.1 Å². The van der Waals surface area contributed by atoms with Gasteiger partial charge in [-0.15, -0.1) is 0 Å². The first-order valence-corrected chi connectivity index (χ1v) is 22.6. The summed E-state index contributed by atoms with van der Waals surface area (Å²) in [5.74, 6) is 2.16. The first-order valence-electron chi connectivity index (χ1n) is 22.2. The van der Waals surface area contributed by atoms with Crippen LogP contribution in [0.25, 0.3) is 5.57 Å². The van der Waals surface area contributed by atoms with Crippen LogP contribution in [0.4, 0.5) is 10.3 Å². The van der Waals surface area contributed by atoms with E-state index >= 15 is 4.39 Å². The molecule has 11 nitrogen and oxygen atoms in total. The Kier molecular flexibility index (Phi) is 12.8. The maximum atomic E-state index is 16.1. The van der Waals surface area contributed by atoms with Crippen LogP contribution in [0.3, 0.4) is 0 Å². The highest BCUT2D eigenvalue weighted by atomic mass is 35.5. The molecule has 0 radical (unpaired) electrons. The van der Waals surface area contributed by atoms with Gasteiger partial charge in [-0.2, -0.15) is 5.26 Å². The van der Waals surface area contributed by atoms with Crippen LogP contribution in [-0.2, 0) is 11.2 Å². The summed E-state index contributed by atoms with van der Waals surface area (Å²) in [6.45, 7) is 16.4. The van der Waals surface area contributed by atoms with Crippen LogP contribution in [0.2, 0.25) is 5.02 Å². The zero-order chi connectivity index (χ0) is 44.6. The van der Waals surface area contributed by atoms with Crippen LogP contribution in [0, 0.1) is 33.9 Å². The molecule has 3 fully saturated rings. The number of rotatable bonds is 13. The SMILES string of the molecule is CC(C)c1ccc(Oc2cccc(CCOC3CCN(c4ncc(C(=O)NC5C(C)(C)C(Oc6ccc(C#N)c(Cl)c6)C5(C)C)cn4)CC3)c2F)c(C2=CN(C)CC3NCCC23)c1. The average Bonchev–Trinajstić information content (AvgIpc) is 3.74. The molecule has 63 heavy (non-hydrogen) atoms. The van der Waals surface area contributed by atoms with Gasteiger partial charge in [-0.25, -0.2) is 14.4 Å². The Labute approximate surface area is 376 Å². The fourth-order valence-corrected chi connectivity index (χ4v) is 10.6. The molecule has 4 aliphatic rings. The van der Waals surface area contributed by atoms with Crippen molar-refractivity contribution in [1.82, 2.24) is 25.5 Å². The van der Waals surface area contributed by atoms with Crippen molar-refractivity contribution in [2.75, 3.05) is 44.7 Å². The van der Waals surface area contributed by atoms with E-state index in [0.29, 0.717) is 83.2 Å². The van der Waals surface area contributed by atoms with Crippen molar-refractivity contribution in [2.45, 2.75) is 97.4 Å². The Bertz CT molecular complexity index is 2370. The number of carbonyl (C=O) groups excluding carboxylic acids is 1. The number of fused-ring (bicyclic) bond motifs is 1. The summed E-state index contributed by atoms with van der Waals surface area (Å²) in [5, 5.41) is 16.4. The van der Waals surface area contributed by atoms with E-state index in [1.165, 1.54) is 11.1 Å². The Morgan fingerprint density at radius 3 is 2.48 bits per heavy atom. The van der Waals surface area contributed by atoms with Gasteiger partial charge in [0.25, 0.3) is 5.91 Å². The zero-order valence-corrected chi connectivity index (χ0v) is 38.1. The molecule has 1 saturated carbocycles. The molecule has 8 rings (SSSR count). The first-order chi connectivity index (χ1) is 30.1. The first kappa shape index (κ1) is 44.4. The van der Waals surface area contributed by atoms with Gasteiger partial charge in [0.05, 0.1) is 28.9 Å². The number of nitriles is 1. The van der Waals surface area contributed by atoms with Gasteiger partial charge in [-0.05, 0) is 85.2 Å². The number of nitrogens with zero attached hydrogens (tertiary/aromatic N) is 5. The maximum Gasteiger partial charge on any atom is 0.254 e. The molecule has 2 atom stereocenters. The molecule has 3 aromatic carbocycles. The second-order valence-electron chi connectivity index (χ2n) is 19.1. The van der Waals surface area contributed by atoms with Crippen LogP contribution in [-0.4, -0.2) is 84.9 Å². The standard InChI is InChI=1S/C50H59ClFN7O4/c1-30(2)32-12-14-42(38(23-32)39-28-58(7)29-41-37(39)15-19-54-41)63-43-10-8-9-31(44(43)52)18-22-61-35-16-20-59(21-17-35)48-55-26-34(27-56-48)45(60)57-46-49(3,4)47(50(46,5)6)62-36-13-11-33(25-53)40(51)24-36/h8-14,23-24,26-28,30,35,37,41,46-47,54H,15-22,29H2,1-7H3,(H,57,60). The molecular weight excluding hydrogens is 817 g/mol. The predicted octanol–water partition coefficient (Wildman–Crippen LogP) is 9.16. The van der Waals surface area contributed by atoms with Crippen molar-refractivity contribution in [2.24, 2.45) is 16.7 Å². The number of piperidine rings is 1. The van der Waals surface area contributed by atoms with Gasteiger partial charge in [0.1, 0.15) is 23.7 Å². The number of likely N-dealkylation sites (N-methyl/N-ethyl adjacent to an activating group) is 1. The van der Waals surface area contributed by atoms with Crippen molar-refractivity contribution >= 4 is 29.0 Å². The molecule has 1 aliphatic carbocycles. The smallest absolute Gasteiger partial charge is 0.254 e. The maximum absolute atomic E-state index is 16.1. The topological polar surface area (TPSA) is 125 Å². The number of ether oxygens (including phenoxy) is 3. The van der Waals surface area contributed by atoms with Crippen molar-refractivity contribution in [3.63, 3.8) is 0 Å². The second-order valence-corrected chi connectivity index (χ2v) is 19.5. The molecule has 1 amide bonds. The summed E-state index contributed by atoms with van der Waals surface area (Å²) in [4.78, 5) is 26.9. The third-order valence-corrected chi connectivity index (χ3v) is 13.9. The minimum Gasteiger partial charge on any atom is -0.489 e. The largest absolute Gasteiger partial charge is 0.489 e. The lowest BCUT2D eigenvalue weighted by Crippen LogP contribution is -2.74. The van der Waals surface area contributed by atoms with E-state index in [9.17, 15) is 10.1 Å². The molecule has 3 aliphatic heterocycles. The third-order valence-electron chi connectivity index (χ3n) is 13.6. The summed E-state index contributed by atoms with van der Waals surface area (Å²) in [5.41, 5.74) is 4.04. The van der Waals surface area contributed by atoms with Crippen LogP contribution >= 0.6 is 11.6 Å². The highest BCUT2D eigenvalue weighted by molar-refractivity contribution is 6.31. The van der Waals surface area contributed by atoms with E-state index in [-0.39, 0.29) is 35.7 Å². The van der Waals surface area contributed by atoms with Gasteiger partial charge < -0.3 is 34.6 Å². The van der Waals surface area contributed by atoms with Gasteiger partial charge >= 0.3 is 0 Å². The van der Waals surface area contributed by atoms with Crippen LogP contribution < -0.4 is 25.0 Å². The molecule has 2 N–H and O–H groups in total. The van der Waals surface area contributed by atoms with Gasteiger partial charge in [-0.3, -0.25) is 4.79 Å². The Morgan fingerprint density at radius 1 is 1.03 bits per heavy atom. The summed E-state index contributed by atoms with van der Waals surface area (Å²) in [6.07, 6.45) is 8.25. The lowest BCUT2D eigenvalue weighted by atomic mass is 9.49. The van der Waals surface area contributed by atoms with Crippen molar-refractivity contribution in [3.05, 3.63) is 112 Å². The highest BCUT2D eigenvalue weighted by Gasteiger charge is 2.64. The number of aromatic nitrogens is 2. The second kappa shape index (κ2) is 18.1. The number of amides is 1. The molecule has 0 spiro atoms. The summed E-state index contributed by atoms with van der Waals surface area (Å²) >= 11 is 6.25. The molecular formula is C50H59ClFN7O4. The summed E-state index contributed by atoms with van der Waals surface area (Å²) in [7, 11) is 2.11. The molecule has 2 unspecified atom stereocenters. The van der Waals surface area contributed by atoms with Gasteiger partial charge in [0.15, 0.2) is 11.6 Å². The molecule has 4 heterocycles. The lowest BCUT2D eigenvalue weighted by Gasteiger charge is -2.63. The number of hydrogen-bond donors (Lipinski definition) is 2. The highest BCUT2D eigenvalue weighted by Crippen LogP contribution is 2.55. The predicted molar refractivity (Wildman–Crippen MR) is 244 cm³/mol. The van der Waals surface area contributed by atoms with Crippen LogP contribution in [0.15, 0.2) is 73.2 Å². The summed E-state index contributed by atoms with van der Waals surface area (Å²) in [6, 6.07) is 19.0. The Balaban J connectivity index is 0.825. The number of nitrogens with one attached hydrogen (secondary N) is 2. The Hall–Kier alpha value is -5.22. The number of hydrogen-bond acceptors (Lipinski definition) is 10. The average molecular weight is 877 g/mol. The van der Waals surface area contributed by atoms with Crippen molar-refractivity contribution < 1.29 is 23.4 Å². The quantitative estimate of drug-likeness (QED) is 0.134. The molecule has 2 saturated heterocycles. The Morgan fingerprint density at radius 2 is 1.78 bits per heavy atom. The number of halogens is 2. The van der Waals surface area contributed by atoms with E-state index in [2.05, 4.69) is 103 Å². The summed E-state index contributed by atoms with van der Waals surface area (Å²) < 4.78 is 35.2. The van der Waals surface area contributed by atoms with Crippen molar-refractivity contribution in [1.29, 1.82) is 5.26 Å². The van der Waals surface area contributed by atoms with Gasteiger partial charge in [-0.1, -0.05) is 71.3 Å². The van der Waals surface area contributed by atoms with Gasteiger partial charge in [0, 0.05) is 85.7 Å². The van der Waals surface area contributed by atoms with Crippen LogP contribution in [0.1, 0.15) is 99.3 Å². The van der Waals surface area contributed by atoms with E-state index in [0.717, 1.165) is 37.9 Å². The molecule has 332 valence electrons. The fourth-order valence-electron chi connectivity index (χ4n) is 10.4. The molecule has 0 bridgehead atoms. The van der Waals surface area contributed by atoms with Crippen LogP contribution in [0.5, 0.6) is 17.2 Å². The minimum absolute atomic E-state index is 0.0301. The number of carbonyl (C=O) groups is 1. The van der Waals surface area contributed by atoms with E-state index < -0.39 is 10.8 Å². The van der Waals surface area contributed by atoms with E-state index in [1.54, 1.807) is 42.7 Å². The lowest BCUT2D eigenvalue weighted by molar-refractivity contribution is -0.164. The molecule has 1 aromatic heterocycles. The third kappa shape index (κ3) is 9.11. The van der Waals surface area contributed by atoms with Crippen molar-refractivity contribution in [3.8, 4) is 23.3 Å². The normalized spacial score (nSPS) is 22.8. The fraction of sp³-hybridized carbons (Fsp3) is 0.480. The molecule has 4 aromatic rings. The number of benzene rings is 3. The zero-order valence-electron chi connectivity index (χ0n) is 37.4. The number of anilines is 1.